The molecule has 0 spiro atoms. The Morgan fingerprint density at radius 3 is 2.91 bits per heavy atom. The summed E-state index contributed by atoms with van der Waals surface area (Å²) in [4.78, 5) is 28.0. The van der Waals surface area contributed by atoms with E-state index in [1.54, 1.807) is 9.80 Å². The van der Waals surface area contributed by atoms with Gasteiger partial charge in [0.1, 0.15) is 0 Å². The smallest absolute Gasteiger partial charge is 0.227 e. The standard InChI is InChI=1S/C17H22N2O3/c20-12-14-5-3-10-18(14)17(22)9-11-19-15-6-2-1-4-13(15)7-8-16(19)21/h1-2,4,6,14,20H,3,5,7-12H2/t14-/m1/s1. The van der Waals surface area contributed by atoms with Crippen molar-refractivity contribution in [2.75, 3.05) is 24.6 Å². The molecule has 1 fully saturated rings. The van der Waals surface area contributed by atoms with E-state index in [1.165, 1.54) is 5.56 Å². The Morgan fingerprint density at radius 2 is 2.09 bits per heavy atom. The minimum absolute atomic E-state index is 0.0250. The largest absolute Gasteiger partial charge is 0.394 e. The van der Waals surface area contributed by atoms with Gasteiger partial charge in [-0.25, -0.2) is 0 Å². The van der Waals surface area contributed by atoms with E-state index in [-0.39, 0.29) is 24.5 Å². The average Bonchev–Trinajstić information content (AvgIpc) is 3.02. The number of nitrogens with zero attached hydrogens (tertiary/aromatic N) is 2. The molecule has 0 aliphatic carbocycles. The third kappa shape index (κ3) is 2.86. The summed E-state index contributed by atoms with van der Waals surface area (Å²) in [5, 5.41) is 9.32. The molecule has 0 radical (unpaired) electrons. The second-order valence-corrected chi connectivity index (χ2v) is 5.99. The number of likely N-dealkylation sites (tertiary alicyclic amines) is 1. The quantitative estimate of drug-likeness (QED) is 0.913. The predicted octanol–water partition coefficient (Wildman–Crippen LogP) is 1.34. The van der Waals surface area contributed by atoms with Crippen molar-refractivity contribution in [1.29, 1.82) is 0 Å². The minimum atomic E-state index is -0.0446. The summed E-state index contributed by atoms with van der Waals surface area (Å²) >= 11 is 0. The first kappa shape index (κ1) is 15.0. The lowest BCUT2D eigenvalue weighted by Gasteiger charge is -2.30. The van der Waals surface area contributed by atoms with E-state index in [9.17, 15) is 14.7 Å². The first-order valence-electron chi connectivity index (χ1n) is 7.99. The van der Waals surface area contributed by atoms with Crippen LogP contribution in [0.25, 0.3) is 0 Å². The normalized spacial score (nSPS) is 21.1. The highest BCUT2D eigenvalue weighted by molar-refractivity contribution is 5.97. The average molecular weight is 302 g/mol. The van der Waals surface area contributed by atoms with Crippen LogP contribution in [0.15, 0.2) is 24.3 Å². The lowest BCUT2D eigenvalue weighted by atomic mass is 10.0. The molecule has 5 heteroatoms. The number of aryl methyl sites for hydroxylation is 1. The molecule has 1 N–H and O–H groups in total. The van der Waals surface area contributed by atoms with E-state index >= 15 is 0 Å². The Kier molecular flexibility index (Phi) is 4.43. The van der Waals surface area contributed by atoms with E-state index in [1.807, 2.05) is 24.3 Å². The zero-order valence-electron chi connectivity index (χ0n) is 12.7. The fourth-order valence-electron chi connectivity index (χ4n) is 3.45. The van der Waals surface area contributed by atoms with Crippen LogP contribution in [-0.2, 0) is 16.0 Å². The van der Waals surface area contributed by atoms with Gasteiger partial charge in [-0.15, -0.1) is 0 Å². The number of hydrogen-bond donors (Lipinski definition) is 1. The summed E-state index contributed by atoms with van der Waals surface area (Å²) in [7, 11) is 0. The van der Waals surface area contributed by atoms with Gasteiger partial charge in [0, 0.05) is 31.6 Å². The van der Waals surface area contributed by atoms with E-state index in [0.29, 0.717) is 25.9 Å². The number of aliphatic hydroxyl groups excluding tert-OH is 1. The third-order valence-electron chi connectivity index (χ3n) is 4.65. The van der Waals surface area contributed by atoms with Gasteiger partial charge in [-0.3, -0.25) is 9.59 Å². The Morgan fingerprint density at radius 1 is 1.27 bits per heavy atom. The number of hydrogen-bond acceptors (Lipinski definition) is 3. The summed E-state index contributed by atoms with van der Waals surface area (Å²) in [5.41, 5.74) is 2.11. The van der Waals surface area contributed by atoms with Crippen molar-refractivity contribution in [1.82, 2.24) is 4.90 Å². The first-order valence-corrected chi connectivity index (χ1v) is 7.99. The molecule has 22 heavy (non-hydrogen) atoms. The highest BCUT2D eigenvalue weighted by Gasteiger charge is 2.29. The number of carbonyl (C=O) groups excluding carboxylic acids is 2. The number of anilines is 1. The van der Waals surface area contributed by atoms with Crippen LogP contribution in [-0.4, -0.2) is 47.6 Å². The van der Waals surface area contributed by atoms with Crippen LogP contribution in [0.5, 0.6) is 0 Å². The summed E-state index contributed by atoms with van der Waals surface area (Å²) in [6.07, 6.45) is 3.42. The van der Waals surface area contributed by atoms with E-state index in [0.717, 1.165) is 24.9 Å². The van der Waals surface area contributed by atoms with Crippen molar-refractivity contribution in [3.63, 3.8) is 0 Å². The van der Waals surface area contributed by atoms with Crippen LogP contribution < -0.4 is 4.90 Å². The van der Waals surface area contributed by atoms with Crippen LogP contribution in [0, 0.1) is 0 Å². The van der Waals surface area contributed by atoms with Crippen molar-refractivity contribution in [3.8, 4) is 0 Å². The van der Waals surface area contributed by atoms with Gasteiger partial charge in [-0.1, -0.05) is 18.2 Å². The van der Waals surface area contributed by atoms with Gasteiger partial charge in [0.25, 0.3) is 0 Å². The van der Waals surface area contributed by atoms with Gasteiger partial charge in [-0.05, 0) is 30.9 Å². The molecule has 2 heterocycles. The fraction of sp³-hybridized carbons (Fsp3) is 0.529. The lowest BCUT2D eigenvalue weighted by molar-refractivity contribution is -0.132. The second kappa shape index (κ2) is 6.48. The van der Waals surface area contributed by atoms with Crippen molar-refractivity contribution in [3.05, 3.63) is 29.8 Å². The molecular formula is C17H22N2O3. The number of amides is 2. The van der Waals surface area contributed by atoms with Crippen LogP contribution >= 0.6 is 0 Å². The monoisotopic (exact) mass is 302 g/mol. The van der Waals surface area contributed by atoms with Crippen molar-refractivity contribution in [2.24, 2.45) is 0 Å². The molecule has 0 saturated carbocycles. The molecular weight excluding hydrogens is 280 g/mol. The van der Waals surface area contributed by atoms with Crippen LogP contribution in [0.2, 0.25) is 0 Å². The molecule has 3 rings (SSSR count). The van der Waals surface area contributed by atoms with Gasteiger partial charge in [0.15, 0.2) is 0 Å². The molecule has 0 unspecified atom stereocenters. The Bertz CT molecular complexity index is 573. The van der Waals surface area contributed by atoms with Gasteiger partial charge < -0.3 is 14.9 Å². The Hall–Kier alpha value is -1.88. The van der Waals surface area contributed by atoms with Crippen LogP contribution in [0.3, 0.4) is 0 Å². The fourth-order valence-corrected chi connectivity index (χ4v) is 3.45. The van der Waals surface area contributed by atoms with E-state index in [2.05, 4.69) is 0 Å². The predicted molar refractivity (Wildman–Crippen MR) is 83.6 cm³/mol. The maximum absolute atomic E-state index is 12.4. The van der Waals surface area contributed by atoms with Crippen molar-refractivity contribution < 1.29 is 14.7 Å². The molecule has 2 amide bonds. The zero-order valence-corrected chi connectivity index (χ0v) is 12.7. The maximum atomic E-state index is 12.4. The molecule has 1 aromatic rings. The van der Waals surface area contributed by atoms with Gasteiger partial charge in [0.2, 0.25) is 11.8 Å². The number of aliphatic hydroxyl groups is 1. The number of para-hydroxylation sites is 1. The lowest BCUT2D eigenvalue weighted by Crippen LogP contribution is -2.41. The van der Waals surface area contributed by atoms with Crippen LogP contribution in [0.4, 0.5) is 5.69 Å². The molecule has 1 aromatic carbocycles. The van der Waals surface area contributed by atoms with Gasteiger partial charge >= 0.3 is 0 Å². The SMILES string of the molecule is O=C1CCc2ccccc2N1CCC(=O)N1CCC[C@@H]1CO. The van der Waals surface area contributed by atoms with E-state index < -0.39 is 0 Å². The molecule has 2 aliphatic heterocycles. The summed E-state index contributed by atoms with van der Waals surface area (Å²) in [6, 6.07) is 7.85. The van der Waals surface area contributed by atoms with Gasteiger partial charge in [0.05, 0.1) is 12.6 Å². The highest BCUT2D eigenvalue weighted by atomic mass is 16.3. The molecule has 118 valence electrons. The zero-order chi connectivity index (χ0) is 15.5. The summed E-state index contributed by atoms with van der Waals surface area (Å²) in [5.74, 6) is 0.124. The maximum Gasteiger partial charge on any atom is 0.227 e. The minimum Gasteiger partial charge on any atom is -0.394 e. The number of rotatable bonds is 4. The Labute approximate surface area is 130 Å². The number of carbonyl (C=O) groups is 2. The first-order chi connectivity index (χ1) is 10.7. The van der Waals surface area contributed by atoms with Crippen LogP contribution in [0.1, 0.15) is 31.2 Å². The summed E-state index contributed by atoms with van der Waals surface area (Å²) < 4.78 is 0. The van der Waals surface area contributed by atoms with Crippen molar-refractivity contribution in [2.45, 2.75) is 38.1 Å². The Balaban J connectivity index is 1.66. The summed E-state index contributed by atoms with van der Waals surface area (Å²) in [6.45, 7) is 1.16. The molecule has 2 aliphatic rings. The highest BCUT2D eigenvalue weighted by Crippen LogP contribution is 2.28. The number of benzene rings is 1. The number of fused-ring (bicyclic) bond motifs is 1. The molecule has 1 atom stereocenters. The van der Waals surface area contributed by atoms with E-state index in [4.69, 9.17) is 0 Å². The second-order valence-electron chi connectivity index (χ2n) is 5.99. The molecule has 0 bridgehead atoms. The molecule has 5 nitrogen and oxygen atoms in total. The van der Waals surface area contributed by atoms with Gasteiger partial charge in [-0.2, -0.15) is 0 Å². The van der Waals surface area contributed by atoms with Crippen molar-refractivity contribution >= 4 is 17.5 Å². The molecule has 1 saturated heterocycles. The topological polar surface area (TPSA) is 60.9 Å². The molecule has 0 aromatic heterocycles. The third-order valence-corrected chi connectivity index (χ3v) is 4.65.